The Morgan fingerprint density at radius 3 is 2.17 bits per heavy atom. The van der Waals surface area contributed by atoms with Crippen molar-refractivity contribution in [2.45, 2.75) is 40.2 Å². The molecule has 72 valence electrons. The molecular weight excluding hydrogens is 154 g/mol. The van der Waals surface area contributed by atoms with Gasteiger partial charge in [0.15, 0.2) is 0 Å². The van der Waals surface area contributed by atoms with E-state index in [2.05, 4.69) is 20.8 Å². The molecule has 12 heavy (non-hydrogen) atoms. The number of nitrogens with two attached hydrogens (primary N) is 1. The second-order valence-corrected chi connectivity index (χ2v) is 4.45. The molecule has 0 amide bonds. The lowest BCUT2D eigenvalue weighted by Crippen LogP contribution is -2.34. The summed E-state index contributed by atoms with van der Waals surface area (Å²) in [5, 5.41) is 8.57. The fraction of sp³-hybridized carbons (Fsp3) is 0.889. The highest BCUT2D eigenvalue weighted by Crippen LogP contribution is 2.28. The zero-order valence-corrected chi connectivity index (χ0v) is 8.29. The van der Waals surface area contributed by atoms with Crippen LogP contribution in [0.4, 0.5) is 0 Å². The van der Waals surface area contributed by atoms with E-state index in [1.54, 1.807) is 0 Å². The molecule has 0 rings (SSSR count). The maximum Gasteiger partial charge on any atom is 0.320 e. The zero-order valence-electron chi connectivity index (χ0n) is 8.29. The lowest BCUT2D eigenvalue weighted by molar-refractivity contribution is -0.139. The van der Waals surface area contributed by atoms with Gasteiger partial charge in [-0.1, -0.05) is 27.7 Å². The average molecular weight is 173 g/mol. The topological polar surface area (TPSA) is 63.3 Å². The predicted molar refractivity (Wildman–Crippen MR) is 48.8 cm³/mol. The first-order valence-corrected chi connectivity index (χ1v) is 4.23. The third-order valence-electron chi connectivity index (χ3n) is 2.40. The SMILES string of the molecule is CC(CC(N)C(=O)O)C(C)(C)C. The van der Waals surface area contributed by atoms with Crippen LogP contribution in [0.1, 0.15) is 34.1 Å². The molecule has 0 bridgehead atoms. The first-order chi connectivity index (χ1) is 5.25. The summed E-state index contributed by atoms with van der Waals surface area (Å²) in [4.78, 5) is 10.4. The van der Waals surface area contributed by atoms with Gasteiger partial charge in [0.2, 0.25) is 0 Å². The highest BCUT2D eigenvalue weighted by Gasteiger charge is 2.24. The highest BCUT2D eigenvalue weighted by atomic mass is 16.4. The number of hydrogen-bond acceptors (Lipinski definition) is 2. The van der Waals surface area contributed by atoms with E-state index < -0.39 is 12.0 Å². The summed E-state index contributed by atoms with van der Waals surface area (Å²) in [7, 11) is 0. The number of carboxylic acids is 1. The van der Waals surface area contributed by atoms with Crippen LogP contribution in [0.3, 0.4) is 0 Å². The van der Waals surface area contributed by atoms with Crippen LogP contribution in [0.25, 0.3) is 0 Å². The van der Waals surface area contributed by atoms with Gasteiger partial charge in [0.25, 0.3) is 0 Å². The molecule has 0 spiro atoms. The smallest absolute Gasteiger partial charge is 0.320 e. The number of carboxylic acid groups (broad SMARTS) is 1. The van der Waals surface area contributed by atoms with Crippen LogP contribution in [-0.4, -0.2) is 17.1 Å². The zero-order chi connectivity index (χ0) is 9.94. The van der Waals surface area contributed by atoms with Crippen molar-refractivity contribution in [2.75, 3.05) is 0 Å². The van der Waals surface area contributed by atoms with E-state index in [9.17, 15) is 4.79 Å². The molecule has 0 aliphatic rings. The van der Waals surface area contributed by atoms with E-state index in [-0.39, 0.29) is 5.41 Å². The number of aliphatic carboxylic acids is 1. The molecule has 0 aromatic heterocycles. The van der Waals surface area contributed by atoms with Crippen molar-refractivity contribution in [3.8, 4) is 0 Å². The monoisotopic (exact) mass is 173 g/mol. The molecule has 0 heterocycles. The van der Waals surface area contributed by atoms with Crippen molar-refractivity contribution in [1.82, 2.24) is 0 Å². The van der Waals surface area contributed by atoms with Crippen molar-refractivity contribution < 1.29 is 9.90 Å². The largest absolute Gasteiger partial charge is 0.480 e. The Bertz CT molecular complexity index is 160. The van der Waals surface area contributed by atoms with Crippen LogP contribution in [0.2, 0.25) is 0 Å². The molecule has 0 aliphatic heterocycles. The van der Waals surface area contributed by atoms with Crippen molar-refractivity contribution in [3.05, 3.63) is 0 Å². The van der Waals surface area contributed by atoms with Gasteiger partial charge in [0.1, 0.15) is 6.04 Å². The third-order valence-corrected chi connectivity index (χ3v) is 2.40. The highest BCUT2D eigenvalue weighted by molar-refractivity contribution is 5.73. The molecule has 3 N–H and O–H groups in total. The van der Waals surface area contributed by atoms with Gasteiger partial charge in [-0.2, -0.15) is 0 Å². The van der Waals surface area contributed by atoms with Gasteiger partial charge >= 0.3 is 5.97 Å². The molecule has 2 atom stereocenters. The van der Waals surface area contributed by atoms with Crippen molar-refractivity contribution >= 4 is 5.97 Å². The molecule has 3 heteroatoms. The van der Waals surface area contributed by atoms with E-state index in [0.717, 1.165) is 0 Å². The molecule has 2 unspecified atom stereocenters. The van der Waals surface area contributed by atoms with E-state index in [0.29, 0.717) is 12.3 Å². The van der Waals surface area contributed by atoms with Crippen molar-refractivity contribution in [3.63, 3.8) is 0 Å². The molecule has 0 radical (unpaired) electrons. The van der Waals surface area contributed by atoms with Crippen LogP contribution >= 0.6 is 0 Å². The Hall–Kier alpha value is -0.570. The van der Waals surface area contributed by atoms with Gasteiger partial charge in [-0.25, -0.2) is 0 Å². The molecule has 0 aromatic rings. The van der Waals surface area contributed by atoms with Gasteiger partial charge in [-0.15, -0.1) is 0 Å². The summed E-state index contributed by atoms with van der Waals surface area (Å²) in [5.41, 5.74) is 5.55. The van der Waals surface area contributed by atoms with Crippen LogP contribution in [-0.2, 0) is 4.79 Å². The maximum absolute atomic E-state index is 10.4. The summed E-state index contributed by atoms with van der Waals surface area (Å²) >= 11 is 0. The molecule has 0 saturated carbocycles. The number of carbonyl (C=O) groups is 1. The molecule has 0 fully saturated rings. The second-order valence-electron chi connectivity index (χ2n) is 4.45. The van der Waals surface area contributed by atoms with Crippen LogP contribution in [0, 0.1) is 11.3 Å². The van der Waals surface area contributed by atoms with Gasteiger partial charge in [0, 0.05) is 0 Å². The standard InChI is InChI=1S/C9H19NO2/c1-6(9(2,3)4)5-7(10)8(11)12/h6-7H,5,10H2,1-4H3,(H,11,12). The fourth-order valence-electron chi connectivity index (χ4n) is 0.835. The summed E-state index contributed by atoms with van der Waals surface area (Å²) in [6.07, 6.45) is 0.541. The lowest BCUT2D eigenvalue weighted by atomic mass is 9.78. The summed E-state index contributed by atoms with van der Waals surface area (Å²) < 4.78 is 0. The summed E-state index contributed by atoms with van der Waals surface area (Å²) in [6, 6.07) is -0.723. The predicted octanol–water partition coefficient (Wildman–Crippen LogP) is 1.47. The van der Waals surface area contributed by atoms with Gasteiger partial charge < -0.3 is 10.8 Å². The first-order valence-electron chi connectivity index (χ1n) is 4.23. The van der Waals surface area contributed by atoms with Crippen molar-refractivity contribution in [1.29, 1.82) is 0 Å². The number of hydrogen-bond donors (Lipinski definition) is 2. The average Bonchev–Trinajstić information content (AvgIpc) is 1.85. The van der Waals surface area contributed by atoms with Gasteiger partial charge in [0.05, 0.1) is 0 Å². The van der Waals surface area contributed by atoms with E-state index in [1.165, 1.54) is 0 Å². The fourth-order valence-corrected chi connectivity index (χ4v) is 0.835. The third kappa shape index (κ3) is 3.72. The Kier molecular flexibility index (Phi) is 3.71. The van der Waals surface area contributed by atoms with Crippen LogP contribution in [0.5, 0.6) is 0 Å². The minimum atomic E-state index is -0.911. The van der Waals surface area contributed by atoms with E-state index >= 15 is 0 Å². The summed E-state index contributed by atoms with van der Waals surface area (Å²) in [6.45, 7) is 8.30. The quantitative estimate of drug-likeness (QED) is 0.679. The van der Waals surface area contributed by atoms with E-state index in [1.807, 2.05) is 6.92 Å². The minimum Gasteiger partial charge on any atom is -0.480 e. The van der Waals surface area contributed by atoms with Crippen molar-refractivity contribution in [2.24, 2.45) is 17.1 Å². The minimum absolute atomic E-state index is 0.132. The van der Waals surface area contributed by atoms with Crippen LogP contribution < -0.4 is 5.73 Å². The Labute approximate surface area is 74.0 Å². The lowest BCUT2D eigenvalue weighted by Gasteiger charge is -2.28. The molecule has 3 nitrogen and oxygen atoms in total. The Balaban J connectivity index is 4.01. The Morgan fingerprint density at radius 1 is 1.50 bits per heavy atom. The number of rotatable bonds is 3. The van der Waals surface area contributed by atoms with Crippen LogP contribution in [0.15, 0.2) is 0 Å². The van der Waals surface area contributed by atoms with E-state index in [4.69, 9.17) is 10.8 Å². The molecule has 0 aliphatic carbocycles. The molecular formula is C9H19NO2. The normalized spacial score (nSPS) is 17.1. The maximum atomic E-state index is 10.4. The Morgan fingerprint density at radius 2 is 1.92 bits per heavy atom. The van der Waals surface area contributed by atoms with Gasteiger partial charge in [-0.3, -0.25) is 4.79 Å². The first kappa shape index (κ1) is 11.4. The summed E-state index contributed by atoms with van der Waals surface area (Å²) in [5.74, 6) is -0.588. The second kappa shape index (κ2) is 3.90. The molecule has 0 saturated heterocycles. The van der Waals surface area contributed by atoms with Gasteiger partial charge in [-0.05, 0) is 17.8 Å². The molecule has 0 aromatic carbocycles.